The minimum absolute atomic E-state index is 0.0833. The van der Waals surface area contributed by atoms with Crippen LogP contribution in [0.25, 0.3) is 0 Å². The zero-order chi connectivity index (χ0) is 12.2. The van der Waals surface area contributed by atoms with Gasteiger partial charge < -0.3 is 10.5 Å². The van der Waals surface area contributed by atoms with Crippen molar-refractivity contribution < 1.29 is 13.2 Å². The van der Waals surface area contributed by atoms with Crippen LogP contribution in [-0.4, -0.2) is 52.6 Å². The van der Waals surface area contributed by atoms with Gasteiger partial charge in [0.2, 0.25) is 0 Å². The average Bonchev–Trinajstić information content (AvgIpc) is 3.03. The van der Waals surface area contributed by atoms with Crippen molar-refractivity contribution >= 4 is 10.2 Å². The lowest BCUT2D eigenvalue weighted by molar-refractivity contribution is 0.203. The fourth-order valence-corrected chi connectivity index (χ4v) is 2.83. The van der Waals surface area contributed by atoms with Gasteiger partial charge in [0.25, 0.3) is 10.2 Å². The van der Waals surface area contributed by atoms with Crippen LogP contribution in [0.1, 0.15) is 12.8 Å². The molecule has 0 bridgehead atoms. The van der Waals surface area contributed by atoms with Crippen molar-refractivity contribution in [2.45, 2.75) is 18.9 Å². The molecule has 0 heterocycles. The number of methoxy groups -OCH3 is 1. The third kappa shape index (κ3) is 3.67. The molecule has 1 aliphatic rings. The van der Waals surface area contributed by atoms with Crippen LogP contribution in [0.5, 0.6) is 0 Å². The quantitative estimate of drug-likeness (QED) is 0.550. The molecule has 1 unspecified atom stereocenters. The van der Waals surface area contributed by atoms with Gasteiger partial charge in [0.15, 0.2) is 0 Å². The van der Waals surface area contributed by atoms with E-state index in [9.17, 15) is 8.42 Å². The molecule has 0 aliphatic heterocycles. The molecule has 1 fully saturated rings. The van der Waals surface area contributed by atoms with Gasteiger partial charge in [-0.15, -0.1) is 0 Å². The van der Waals surface area contributed by atoms with Crippen LogP contribution < -0.4 is 10.5 Å². The van der Waals surface area contributed by atoms with Gasteiger partial charge >= 0.3 is 0 Å². The number of hydrogen-bond donors (Lipinski definition) is 2. The predicted molar refractivity (Wildman–Crippen MR) is 62.1 cm³/mol. The number of nitrogens with zero attached hydrogens (tertiary/aromatic N) is 1. The van der Waals surface area contributed by atoms with Crippen molar-refractivity contribution in [2.24, 2.45) is 11.7 Å². The van der Waals surface area contributed by atoms with E-state index < -0.39 is 10.2 Å². The van der Waals surface area contributed by atoms with Gasteiger partial charge in [0.1, 0.15) is 0 Å². The van der Waals surface area contributed by atoms with Gasteiger partial charge in [-0.2, -0.15) is 17.4 Å². The van der Waals surface area contributed by atoms with Gasteiger partial charge in [-0.3, -0.25) is 0 Å². The normalized spacial score (nSPS) is 19.0. The molecule has 3 N–H and O–H groups in total. The lowest BCUT2D eigenvalue weighted by atomic mass is 10.2. The van der Waals surface area contributed by atoms with Crippen molar-refractivity contribution in [1.82, 2.24) is 9.03 Å². The van der Waals surface area contributed by atoms with E-state index in [4.69, 9.17) is 10.5 Å². The lowest BCUT2D eigenvalue weighted by Gasteiger charge is -2.26. The van der Waals surface area contributed by atoms with Crippen LogP contribution >= 0.6 is 0 Å². The van der Waals surface area contributed by atoms with Gasteiger partial charge in [0, 0.05) is 33.3 Å². The Bertz CT molecular complexity index is 303. The Morgan fingerprint density at radius 2 is 2.19 bits per heavy atom. The Labute approximate surface area is 97.3 Å². The fourth-order valence-electron chi connectivity index (χ4n) is 1.67. The maximum Gasteiger partial charge on any atom is 0.279 e. The molecule has 0 aromatic rings. The monoisotopic (exact) mass is 251 g/mol. The Morgan fingerprint density at radius 1 is 1.56 bits per heavy atom. The number of nitrogens with one attached hydrogen (secondary N) is 1. The molecular weight excluding hydrogens is 230 g/mol. The SMILES string of the molecule is COCCNS(=O)(=O)N(C)C(CN)C1CC1. The Kier molecular flexibility index (Phi) is 5.13. The summed E-state index contributed by atoms with van der Waals surface area (Å²) in [5.74, 6) is 0.425. The Hall–Kier alpha value is -0.210. The summed E-state index contributed by atoms with van der Waals surface area (Å²) in [4.78, 5) is 0. The highest BCUT2D eigenvalue weighted by atomic mass is 32.2. The van der Waals surface area contributed by atoms with Gasteiger partial charge in [-0.05, 0) is 18.8 Å². The summed E-state index contributed by atoms with van der Waals surface area (Å²) in [7, 11) is -0.319. The molecule has 0 saturated heterocycles. The third-order valence-corrected chi connectivity index (χ3v) is 4.44. The van der Waals surface area contributed by atoms with Crippen molar-refractivity contribution in [3.63, 3.8) is 0 Å². The Morgan fingerprint density at radius 3 is 2.62 bits per heavy atom. The van der Waals surface area contributed by atoms with E-state index >= 15 is 0 Å². The maximum absolute atomic E-state index is 11.8. The van der Waals surface area contributed by atoms with Crippen molar-refractivity contribution in [3.05, 3.63) is 0 Å². The van der Waals surface area contributed by atoms with E-state index in [0.29, 0.717) is 19.1 Å². The number of ether oxygens (including phenoxy) is 1. The lowest BCUT2D eigenvalue weighted by Crippen LogP contribution is -2.48. The molecule has 0 amide bonds. The molecule has 96 valence electrons. The smallest absolute Gasteiger partial charge is 0.279 e. The molecule has 16 heavy (non-hydrogen) atoms. The highest BCUT2D eigenvalue weighted by Crippen LogP contribution is 2.35. The number of rotatable bonds is 8. The van der Waals surface area contributed by atoms with Gasteiger partial charge in [-0.1, -0.05) is 0 Å². The first-order chi connectivity index (χ1) is 7.53. The standard InChI is InChI=1S/C9H21N3O3S/c1-12(9(7-10)8-3-4-8)16(13,14)11-5-6-15-2/h8-9,11H,3-7,10H2,1-2H3. The minimum atomic E-state index is -3.43. The fraction of sp³-hybridized carbons (Fsp3) is 1.00. The largest absolute Gasteiger partial charge is 0.383 e. The van der Waals surface area contributed by atoms with Crippen LogP contribution in [0.2, 0.25) is 0 Å². The number of hydrogen-bond acceptors (Lipinski definition) is 4. The van der Waals surface area contributed by atoms with E-state index in [-0.39, 0.29) is 12.6 Å². The summed E-state index contributed by atoms with van der Waals surface area (Å²) in [5, 5.41) is 0. The highest BCUT2D eigenvalue weighted by Gasteiger charge is 2.37. The van der Waals surface area contributed by atoms with Crippen LogP contribution in [0.4, 0.5) is 0 Å². The first-order valence-electron chi connectivity index (χ1n) is 5.44. The summed E-state index contributed by atoms with van der Waals surface area (Å²) in [6.45, 7) is 1.02. The van der Waals surface area contributed by atoms with Crippen molar-refractivity contribution in [2.75, 3.05) is 33.9 Å². The van der Waals surface area contributed by atoms with E-state index in [1.54, 1.807) is 7.05 Å². The average molecular weight is 251 g/mol. The number of nitrogens with two attached hydrogens (primary N) is 1. The second-order valence-electron chi connectivity index (χ2n) is 4.05. The molecule has 1 atom stereocenters. The summed E-state index contributed by atoms with van der Waals surface area (Å²) >= 11 is 0. The molecule has 0 radical (unpaired) electrons. The van der Waals surface area contributed by atoms with E-state index in [1.165, 1.54) is 11.4 Å². The van der Waals surface area contributed by atoms with Crippen LogP contribution in [0.15, 0.2) is 0 Å². The highest BCUT2D eigenvalue weighted by molar-refractivity contribution is 7.87. The number of likely N-dealkylation sites (N-methyl/N-ethyl adjacent to an activating group) is 1. The Balaban J connectivity index is 2.52. The van der Waals surface area contributed by atoms with Crippen molar-refractivity contribution in [3.8, 4) is 0 Å². The topological polar surface area (TPSA) is 84.7 Å². The van der Waals surface area contributed by atoms with Crippen LogP contribution in [0.3, 0.4) is 0 Å². The molecule has 6 nitrogen and oxygen atoms in total. The minimum Gasteiger partial charge on any atom is -0.383 e. The van der Waals surface area contributed by atoms with E-state index in [2.05, 4.69) is 4.72 Å². The van der Waals surface area contributed by atoms with Crippen molar-refractivity contribution in [1.29, 1.82) is 0 Å². The second-order valence-corrected chi connectivity index (χ2v) is 5.86. The first-order valence-corrected chi connectivity index (χ1v) is 6.88. The molecule has 7 heteroatoms. The summed E-state index contributed by atoms with van der Waals surface area (Å²) in [5.41, 5.74) is 5.61. The van der Waals surface area contributed by atoms with Gasteiger partial charge in [-0.25, -0.2) is 0 Å². The summed E-state index contributed by atoms with van der Waals surface area (Å²) in [6.07, 6.45) is 2.14. The van der Waals surface area contributed by atoms with Crippen LogP contribution in [-0.2, 0) is 14.9 Å². The molecule has 1 aliphatic carbocycles. The molecule has 0 spiro atoms. The molecule has 0 aromatic carbocycles. The second kappa shape index (κ2) is 5.92. The predicted octanol–water partition coefficient (Wildman–Crippen LogP) is -0.864. The van der Waals surface area contributed by atoms with E-state index in [1.807, 2.05) is 0 Å². The molecule has 1 rings (SSSR count). The third-order valence-electron chi connectivity index (χ3n) is 2.84. The summed E-state index contributed by atoms with van der Waals surface area (Å²) in [6, 6.07) is -0.0833. The first kappa shape index (κ1) is 13.9. The maximum atomic E-state index is 11.8. The zero-order valence-electron chi connectivity index (χ0n) is 9.85. The van der Waals surface area contributed by atoms with Crippen LogP contribution in [0, 0.1) is 5.92 Å². The van der Waals surface area contributed by atoms with E-state index in [0.717, 1.165) is 12.8 Å². The molecule has 1 saturated carbocycles. The molecular formula is C9H21N3O3S. The molecule has 0 aromatic heterocycles. The van der Waals surface area contributed by atoms with Gasteiger partial charge in [0.05, 0.1) is 6.61 Å². The zero-order valence-corrected chi connectivity index (χ0v) is 10.7. The summed E-state index contributed by atoms with van der Waals surface area (Å²) < 4.78 is 32.3.